The molecule has 0 radical (unpaired) electrons. The molecule has 0 saturated carbocycles. The number of hydrogen-bond acceptors (Lipinski definition) is 4. The van der Waals surface area contributed by atoms with Gasteiger partial charge in [-0.15, -0.1) is 0 Å². The van der Waals surface area contributed by atoms with Crippen molar-refractivity contribution in [2.75, 3.05) is 20.6 Å². The Morgan fingerprint density at radius 1 is 1.45 bits per heavy atom. The second-order valence-corrected chi connectivity index (χ2v) is 6.23. The standard InChI is InChI=1S/C16H20ClNO4/c1-4-9(8-18(2)3)15(19)11-5-10-6-14(16(20)21)22-13(10)7-12(11)17/h5,7,9,14H,4,6,8H2,1-3H3,(H,20,21). The van der Waals surface area contributed by atoms with Gasteiger partial charge in [0, 0.05) is 24.4 Å². The summed E-state index contributed by atoms with van der Waals surface area (Å²) in [7, 11) is 3.84. The molecular formula is C16H20ClNO4. The summed E-state index contributed by atoms with van der Waals surface area (Å²) in [5.41, 5.74) is 1.17. The van der Waals surface area contributed by atoms with Gasteiger partial charge in [-0.2, -0.15) is 0 Å². The van der Waals surface area contributed by atoms with Crippen molar-refractivity contribution < 1.29 is 19.4 Å². The van der Waals surface area contributed by atoms with Crippen molar-refractivity contribution in [2.24, 2.45) is 5.92 Å². The number of fused-ring (bicyclic) bond motifs is 1. The number of aliphatic carboxylic acids is 1. The number of rotatable bonds is 6. The first kappa shape index (κ1) is 16.8. The molecule has 1 aromatic carbocycles. The number of hydrogen-bond donors (Lipinski definition) is 1. The maximum absolute atomic E-state index is 12.7. The molecule has 120 valence electrons. The Bertz CT molecular complexity index is 600. The maximum atomic E-state index is 12.7. The summed E-state index contributed by atoms with van der Waals surface area (Å²) < 4.78 is 5.33. The minimum absolute atomic E-state index is 0.0113. The van der Waals surface area contributed by atoms with Crippen molar-refractivity contribution in [3.05, 3.63) is 28.3 Å². The highest BCUT2D eigenvalue weighted by molar-refractivity contribution is 6.34. The molecule has 0 aliphatic carbocycles. The molecule has 22 heavy (non-hydrogen) atoms. The van der Waals surface area contributed by atoms with Gasteiger partial charge in [0.25, 0.3) is 0 Å². The number of nitrogens with zero attached hydrogens (tertiary/aromatic N) is 1. The van der Waals surface area contributed by atoms with E-state index in [0.717, 1.165) is 12.0 Å². The third kappa shape index (κ3) is 3.42. The second-order valence-electron chi connectivity index (χ2n) is 5.82. The van der Waals surface area contributed by atoms with Crippen LogP contribution in [0.1, 0.15) is 29.3 Å². The van der Waals surface area contributed by atoms with Crippen molar-refractivity contribution in [2.45, 2.75) is 25.9 Å². The average Bonchev–Trinajstić information content (AvgIpc) is 2.85. The van der Waals surface area contributed by atoms with Crippen LogP contribution in [0.5, 0.6) is 5.75 Å². The van der Waals surface area contributed by atoms with Crippen molar-refractivity contribution in [3.63, 3.8) is 0 Å². The van der Waals surface area contributed by atoms with Crippen LogP contribution in [0.3, 0.4) is 0 Å². The van der Waals surface area contributed by atoms with Crippen molar-refractivity contribution >= 4 is 23.4 Å². The van der Waals surface area contributed by atoms with E-state index in [1.54, 1.807) is 12.1 Å². The molecule has 1 heterocycles. The third-order valence-corrected chi connectivity index (χ3v) is 4.13. The lowest BCUT2D eigenvalue weighted by Gasteiger charge is -2.19. The summed E-state index contributed by atoms with van der Waals surface area (Å²) in [5.74, 6) is -0.709. The van der Waals surface area contributed by atoms with Crippen LogP contribution >= 0.6 is 11.6 Å². The first-order valence-electron chi connectivity index (χ1n) is 7.24. The van der Waals surface area contributed by atoms with E-state index in [2.05, 4.69) is 0 Å². The molecule has 6 heteroatoms. The van der Waals surface area contributed by atoms with Gasteiger partial charge in [0.2, 0.25) is 0 Å². The van der Waals surface area contributed by atoms with Crippen LogP contribution in [0.25, 0.3) is 0 Å². The van der Waals surface area contributed by atoms with Crippen LogP contribution in [-0.2, 0) is 11.2 Å². The molecule has 2 unspecified atom stereocenters. The van der Waals surface area contributed by atoms with Crippen LogP contribution in [0.15, 0.2) is 12.1 Å². The zero-order valence-corrected chi connectivity index (χ0v) is 13.7. The van der Waals surface area contributed by atoms with Crippen molar-refractivity contribution in [1.29, 1.82) is 0 Å². The normalized spacial score (nSPS) is 18.0. The van der Waals surface area contributed by atoms with Crippen molar-refractivity contribution in [3.8, 4) is 5.75 Å². The lowest BCUT2D eigenvalue weighted by atomic mass is 9.93. The highest BCUT2D eigenvalue weighted by Crippen LogP contribution is 2.35. The van der Waals surface area contributed by atoms with E-state index in [1.165, 1.54) is 0 Å². The molecule has 2 atom stereocenters. The highest BCUT2D eigenvalue weighted by atomic mass is 35.5. The molecule has 0 bridgehead atoms. The number of benzene rings is 1. The fourth-order valence-corrected chi connectivity index (χ4v) is 2.90. The van der Waals surface area contributed by atoms with E-state index in [-0.39, 0.29) is 18.1 Å². The number of Topliss-reactive ketones (excluding diaryl/α,β-unsaturated/α-hetero) is 1. The summed E-state index contributed by atoms with van der Waals surface area (Å²) in [6.07, 6.45) is 0.0748. The SMILES string of the molecule is CCC(CN(C)C)C(=O)c1cc2c(cc1Cl)OC(C(=O)O)C2. The molecular weight excluding hydrogens is 306 g/mol. The first-order valence-corrected chi connectivity index (χ1v) is 7.62. The van der Waals surface area contributed by atoms with Crippen LogP contribution in [0.4, 0.5) is 0 Å². The Balaban J connectivity index is 2.28. The van der Waals surface area contributed by atoms with Crippen LogP contribution in [-0.4, -0.2) is 48.5 Å². The number of carboxylic acid groups (broad SMARTS) is 1. The molecule has 0 aromatic heterocycles. The number of ether oxygens (including phenoxy) is 1. The Hall–Kier alpha value is -1.59. The van der Waals surface area contributed by atoms with Crippen molar-refractivity contribution in [1.82, 2.24) is 4.90 Å². The predicted octanol–water partition coefficient (Wildman–Crippen LogP) is 2.50. The van der Waals surface area contributed by atoms with Crippen LogP contribution < -0.4 is 4.74 Å². The molecule has 5 nitrogen and oxygen atoms in total. The topological polar surface area (TPSA) is 66.8 Å². The molecule has 1 aliphatic rings. The summed E-state index contributed by atoms with van der Waals surface area (Å²) in [4.78, 5) is 25.7. The van der Waals surface area contributed by atoms with Crippen LogP contribution in [0.2, 0.25) is 5.02 Å². The number of halogens is 1. The largest absolute Gasteiger partial charge is 0.478 e. The monoisotopic (exact) mass is 325 g/mol. The average molecular weight is 326 g/mol. The molecule has 0 fully saturated rings. The van der Waals surface area contributed by atoms with Gasteiger partial charge >= 0.3 is 5.97 Å². The smallest absolute Gasteiger partial charge is 0.345 e. The number of carbonyl (C=O) groups is 2. The third-order valence-electron chi connectivity index (χ3n) is 3.81. The van der Waals surface area contributed by atoms with Gasteiger partial charge in [0.15, 0.2) is 11.9 Å². The van der Waals surface area contributed by atoms with Gasteiger partial charge in [-0.1, -0.05) is 18.5 Å². The maximum Gasteiger partial charge on any atom is 0.345 e. The lowest BCUT2D eigenvalue weighted by Crippen LogP contribution is -2.27. The van der Waals surface area contributed by atoms with E-state index < -0.39 is 12.1 Å². The van der Waals surface area contributed by atoms with Gasteiger partial charge in [-0.3, -0.25) is 4.79 Å². The fraction of sp³-hybridized carbons (Fsp3) is 0.500. The Labute approximate surface area is 134 Å². The van der Waals surface area contributed by atoms with Gasteiger partial charge in [0.1, 0.15) is 5.75 Å². The zero-order chi connectivity index (χ0) is 16.4. The number of carboxylic acids is 1. The summed E-state index contributed by atoms with van der Waals surface area (Å²) in [6.45, 7) is 2.62. The fourth-order valence-electron chi connectivity index (χ4n) is 2.65. The molecule has 1 N–H and O–H groups in total. The van der Waals surface area contributed by atoms with Gasteiger partial charge in [-0.25, -0.2) is 4.79 Å². The Kier molecular flexibility index (Phi) is 5.08. The minimum atomic E-state index is -1.01. The minimum Gasteiger partial charge on any atom is -0.478 e. The number of carbonyl (C=O) groups excluding carboxylic acids is 1. The van der Waals surface area contributed by atoms with E-state index in [9.17, 15) is 9.59 Å². The Morgan fingerprint density at radius 3 is 2.68 bits per heavy atom. The predicted molar refractivity (Wildman–Crippen MR) is 83.9 cm³/mol. The van der Waals surface area contributed by atoms with Crippen LogP contribution in [0, 0.1) is 5.92 Å². The van der Waals surface area contributed by atoms with Gasteiger partial charge in [0.05, 0.1) is 5.02 Å². The summed E-state index contributed by atoms with van der Waals surface area (Å²) >= 11 is 6.21. The molecule has 0 saturated heterocycles. The molecule has 1 aromatic rings. The molecule has 0 amide bonds. The quantitative estimate of drug-likeness (QED) is 0.814. The summed E-state index contributed by atoms with van der Waals surface area (Å²) in [5, 5.41) is 9.34. The second kappa shape index (κ2) is 6.67. The zero-order valence-electron chi connectivity index (χ0n) is 12.9. The first-order chi connectivity index (χ1) is 10.3. The van der Waals surface area contributed by atoms with Gasteiger partial charge < -0.3 is 14.7 Å². The molecule has 0 spiro atoms. The number of ketones is 1. The highest BCUT2D eigenvalue weighted by Gasteiger charge is 2.31. The Morgan fingerprint density at radius 2 is 2.14 bits per heavy atom. The van der Waals surface area contributed by atoms with E-state index in [1.807, 2.05) is 25.9 Å². The molecule has 1 aliphatic heterocycles. The molecule has 2 rings (SSSR count). The van der Waals surface area contributed by atoms with E-state index in [4.69, 9.17) is 21.4 Å². The lowest BCUT2D eigenvalue weighted by molar-refractivity contribution is -0.144. The summed E-state index contributed by atoms with van der Waals surface area (Å²) in [6, 6.07) is 3.23. The van der Waals surface area contributed by atoms with E-state index in [0.29, 0.717) is 22.9 Å². The van der Waals surface area contributed by atoms with E-state index >= 15 is 0 Å². The van der Waals surface area contributed by atoms with Gasteiger partial charge in [-0.05, 0) is 38.2 Å².